The van der Waals surface area contributed by atoms with Gasteiger partial charge in [-0.15, -0.1) is 12.4 Å². The molecule has 2 bridgehead atoms. The van der Waals surface area contributed by atoms with Gasteiger partial charge in [-0.05, 0) is 42.2 Å². The summed E-state index contributed by atoms with van der Waals surface area (Å²) in [6.45, 7) is 0. The number of nitrogens with two attached hydrogens (primary N) is 1. The first-order valence-electron chi connectivity index (χ1n) is 7.97. The lowest BCUT2D eigenvalue weighted by Gasteiger charge is -2.29. The van der Waals surface area contributed by atoms with Gasteiger partial charge >= 0.3 is 0 Å². The van der Waals surface area contributed by atoms with E-state index in [9.17, 15) is 9.90 Å². The summed E-state index contributed by atoms with van der Waals surface area (Å²) >= 11 is 0. The van der Waals surface area contributed by atoms with Crippen LogP contribution in [0, 0.1) is 17.8 Å². The Morgan fingerprint density at radius 2 is 1.95 bits per heavy atom. The van der Waals surface area contributed by atoms with Crippen LogP contribution in [0.15, 0.2) is 24.3 Å². The normalized spacial score (nSPS) is 38.5. The van der Waals surface area contributed by atoms with Crippen LogP contribution in [-0.4, -0.2) is 23.2 Å². The van der Waals surface area contributed by atoms with Crippen molar-refractivity contribution in [3.8, 4) is 0 Å². The molecule has 6 atom stereocenters. The number of rotatable bonds is 2. The van der Waals surface area contributed by atoms with Gasteiger partial charge in [0.1, 0.15) is 0 Å². The van der Waals surface area contributed by atoms with Gasteiger partial charge in [-0.25, -0.2) is 0 Å². The fourth-order valence-corrected chi connectivity index (χ4v) is 4.72. The summed E-state index contributed by atoms with van der Waals surface area (Å²) in [6.07, 6.45) is 3.48. The maximum absolute atomic E-state index is 12.7. The summed E-state index contributed by atoms with van der Waals surface area (Å²) in [7, 11) is 0. The highest BCUT2D eigenvalue weighted by molar-refractivity contribution is 5.85. The molecule has 1 amide bonds. The minimum atomic E-state index is -0.527. The highest BCUT2D eigenvalue weighted by Gasteiger charge is 2.49. The summed E-state index contributed by atoms with van der Waals surface area (Å²) < 4.78 is 0. The lowest BCUT2D eigenvalue weighted by molar-refractivity contribution is -0.128. The molecular formula is C17H23ClN2O2. The molecule has 1 aromatic rings. The molecule has 3 aliphatic rings. The molecule has 4 unspecified atom stereocenters. The zero-order valence-corrected chi connectivity index (χ0v) is 13.3. The highest BCUT2D eigenvalue weighted by Crippen LogP contribution is 2.48. The minimum absolute atomic E-state index is 0. The van der Waals surface area contributed by atoms with Gasteiger partial charge in [-0.1, -0.05) is 24.3 Å². The van der Waals surface area contributed by atoms with Crippen LogP contribution in [0.3, 0.4) is 0 Å². The third-order valence-electron chi connectivity index (χ3n) is 5.79. The predicted octanol–water partition coefficient (Wildman–Crippen LogP) is 1.56. The van der Waals surface area contributed by atoms with Crippen molar-refractivity contribution in [3.05, 3.63) is 35.4 Å². The number of hydrogen-bond acceptors (Lipinski definition) is 3. The fourth-order valence-electron chi connectivity index (χ4n) is 4.72. The minimum Gasteiger partial charge on any atom is -0.390 e. The standard InChI is InChI=1S/C17H22N2O2.ClH/c18-15-11-6-5-10(7-11)14(15)17(21)19-16-12-4-2-1-3-9(12)8-13(16)20;/h1-4,10-11,13-16,20H,5-8,18H2,(H,19,21);1H/t10?,11?,13-,14?,15?,16+;/m0./s1. The van der Waals surface area contributed by atoms with Crippen LogP contribution >= 0.6 is 12.4 Å². The van der Waals surface area contributed by atoms with E-state index < -0.39 is 6.10 Å². The molecule has 120 valence electrons. The number of nitrogens with one attached hydrogen (secondary N) is 1. The van der Waals surface area contributed by atoms with Gasteiger partial charge in [-0.2, -0.15) is 0 Å². The SMILES string of the molecule is Cl.NC1C2CCC(C2)C1C(=O)N[C@@H]1c2ccccc2C[C@@H]1O. The van der Waals surface area contributed by atoms with Gasteiger partial charge in [0.05, 0.1) is 18.1 Å². The van der Waals surface area contributed by atoms with Crippen molar-refractivity contribution in [2.75, 3.05) is 0 Å². The molecule has 0 radical (unpaired) electrons. The molecule has 2 saturated carbocycles. The Labute approximate surface area is 136 Å². The summed E-state index contributed by atoms with van der Waals surface area (Å²) in [4.78, 5) is 12.7. The monoisotopic (exact) mass is 322 g/mol. The Bertz CT molecular complexity index is 578. The fraction of sp³-hybridized carbons (Fsp3) is 0.588. The van der Waals surface area contributed by atoms with E-state index >= 15 is 0 Å². The number of fused-ring (bicyclic) bond motifs is 3. The number of carbonyl (C=O) groups is 1. The third-order valence-corrected chi connectivity index (χ3v) is 5.79. The first-order valence-corrected chi connectivity index (χ1v) is 7.97. The average Bonchev–Trinajstić information content (AvgIpc) is 3.13. The molecule has 2 fully saturated rings. The maximum Gasteiger partial charge on any atom is 0.225 e. The smallest absolute Gasteiger partial charge is 0.225 e. The van der Waals surface area contributed by atoms with Gasteiger partial charge < -0.3 is 16.2 Å². The van der Waals surface area contributed by atoms with E-state index in [0.717, 1.165) is 24.0 Å². The molecule has 4 N–H and O–H groups in total. The van der Waals surface area contributed by atoms with Crippen LogP contribution in [0.4, 0.5) is 0 Å². The van der Waals surface area contributed by atoms with Crippen LogP contribution in [0.1, 0.15) is 36.4 Å². The van der Waals surface area contributed by atoms with Crippen molar-refractivity contribution < 1.29 is 9.90 Å². The van der Waals surface area contributed by atoms with E-state index in [2.05, 4.69) is 5.32 Å². The number of halogens is 1. The first-order chi connectivity index (χ1) is 10.1. The zero-order chi connectivity index (χ0) is 14.6. The molecule has 0 aliphatic heterocycles. The van der Waals surface area contributed by atoms with Crippen molar-refractivity contribution in [1.82, 2.24) is 5.32 Å². The van der Waals surface area contributed by atoms with E-state index in [0.29, 0.717) is 18.3 Å². The molecule has 22 heavy (non-hydrogen) atoms. The quantitative estimate of drug-likeness (QED) is 0.773. The number of aliphatic hydroxyl groups is 1. The molecule has 0 heterocycles. The van der Waals surface area contributed by atoms with Crippen LogP contribution in [-0.2, 0) is 11.2 Å². The first kappa shape index (κ1) is 15.8. The lowest BCUT2D eigenvalue weighted by atomic mass is 9.84. The van der Waals surface area contributed by atoms with Crippen LogP contribution < -0.4 is 11.1 Å². The van der Waals surface area contributed by atoms with Crippen LogP contribution in [0.2, 0.25) is 0 Å². The molecule has 3 aliphatic carbocycles. The lowest BCUT2D eigenvalue weighted by Crippen LogP contribution is -2.47. The molecule has 4 nitrogen and oxygen atoms in total. The molecule has 0 saturated heterocycles. The van der Waals surface area contributed by atoms with Crippen LogP contribution in [0.25, 0.3) is 0 Å². The number of benzene rings is 1. The topological polar surface area (TPSA) is 75.4 Å². The predicted molar refractivity (Wildman–Crippen MR) is 86.6 cm³/mol. The van der Waals surface area contributed by atoms with Crippen LogP contribution in [0.5, 0.6) is 0 Å². The highest BCUT2D eigenvalue weighted by atomic mass is 35.5. The van der Waals surface area contributed by atoms with Crippen molar-refractivity contribution >= 4 is 18.3 Å². The Kier molecular flexibility index (Phi) is 4.19. The summed E-state index contributed by atoms with van der Waals surface area (Å²) in [5.74, 6) is 0.935. The van der Waals surface area contributed by atoms with Gasteiger partial charge in [-0.3, -0.25) is 4.79 Å². The second kappa shape index (κ2) is 5.84. The van der Waals surface area contributed by atoms with Crippen molar-refractivity contribution in [2.45, 2.75) is 43.9 Å². The number of aliphatic hydroxyl groups excluding tert-OH is 1. The van der Waals surface area contributed by atoms with Gasteiger partial charge in [0.15, 0.2) is 0 Å². The van der Waals surface area contributed by atoms with Crippen molar-refractivity contribution in [3.63, 3.8) is 0 Å². The molecule has 0 spiro atoms. The Morgan fingerprint density at radius 3 is 2.68 bits per heavy atom. The maximum atomic E-state index is 12.7. The van der Waals surface area contributed by atoms with Gasteiger partial charge in [0.25, 0.3) is 0 Å². The molecule has 1 aromatic carbocycles. The van der Waals surface area contributed by atoms with Gasteiger partial charge in [0, 0.05) is 12.5 Å². The Balaban J connectivity index is 0.00000144. The second-order valence-corrected chi connectivity index (χ2v) is 6.89. The van der Waals surface area contributed by atoms with Crippen molar-refractivity contribution in [1.29, 1.82) is 0 Å². The molecule has 4 rings (SSSR count). The molecule has 5 heteroatoms. The molecular weight excluding hydrogens is 300 g/mol. The van der Waals surface area contributed by atoms with E-state index in [-0.39, 0.29) is 36.3 Å². The van der Waals surface area contributed by atoms with E-state index in [4.69, 9.17) is 5.73 Å². The van der Waals surface area contributed by atoms with Gasteiger partial charge in [0.2, 0.25) is 5.91 Å². The summed E-state index contributed by atoms with van der Waals surface area (Å²) in [5, 5.41) is 13.3. The zero-order valence-electron chi connectivity index (χ0n) is 12.4. The number of carbonyl (C=O) groups excluding carboxylic acids is 1. The summed E-state index contributed by atoms with van der Waals surface area (Å²) in [6, 6.07) is 7.67. The Hall–Kier alpha value is -1.10. The number of amides is 1. The van der Waals surface area contributed by atoms with E-state index in [1.54, 1.807) is 0 Å². The van der Waals surface area contributed by atoms with E-state index in [1.807, 2.05) is 24.3 Å². The average molecular weight is 323 g/mol. The number of hydrogen-bond donors (Lipinski definition) is 3. The Morgan fingerprint density at radius 1 is 1.23 bits per heavy atom. The third kappa shape index (κ3) is 2.34. The molecule has 0 aromatic heterocycles. The van der Waals surface area contributed by atoms with Crippen molar-refractivity contribution in [2.24, 2.45) is 23.5 Å². The largest absolute Gasteiger partial charge is 0.390 e. The van der Waals surface area contributed by atoms with E-state index in [1.165, 1.54) is 6.42 Å². The summed E-state index contributed by atoms with van der Waals surface area (Å²) in [5.41, 5.74) is 8.43. The second-order valence-electron chi connectivity index (χ2n) is 6.89.